The number of nitro benzene ring substituents is 1. The number of carbonyl (C=O) groups excluding carboxylic acids is 1. The number of hydrogen-bond donors (Lipinski definition) is 1. The first-order valence-electron chi connectivity index (χ1n) is 7.08. The number of hydrogen-bond acceptors (Lipinski definition) is 6. The van der Waals surface area contributed by atoms with Gasteiger partial charge in [0.1, 0.15) is 24.1 Å². The molecule has 1 aromatic carbocycles. The van der Waals surface area contributed by atoms with Gasteiger partial charge in [-0.05, 0) is 25.0 Å². The third-order valence-corrected chi connectivity index (χ3v) is 3.42. The van der Waals surface area contributed by atoms with Gasteiger partial charge in [0.15, 0.2) is 0 Å². The average molecular weight is 333 g/mol. The number of amides is 1. The predicted octanol–water partition coefficient (Wildman–Crippen LogP) is 2.60. The Bertz CT molecular complexity index is 801. The molecule has 2 aromatic rings. The van der Waals surface area contributed by atoms with Gasteiger partial charge in [0, 0.05) is 6.07 Å². The van der Waals surface area contributed by atoms with Crippen LogP contribution in [0.3, 0.4) is 0 Å². The van der Waals surface area contributed by atoms with E-state index in [4.69, 9.17) is 0 Å². The van der Waals surface area contributed by atoms with Crippen molar-refractivity contribution in [3.8, 4) is 0 Å². The molecule has 24 heavy (non-hydrogen) atoms. The Balaban J connectivity index is 2.26. The van der Waals surface area contributed by atoms with Crippen LogP contribution in [0.4, 0.5) is 17.1 Å². The number of benzene rings is 1. The maximum atomic E-state index is 12.4. The van der Waals surface area contributed by atoms with Crippen molar-refractivity contribution in [2.75, 3.05) is 5.32 Å². The normalized spacial score (nSPS) is 11.8. The van der Waals surface area contributed by atoms with Gasteiger partial charge in [0.25, 0.3) is 5.69 Å². The smallest absolute Gasteiger partial charge is 0.307 e. The SMILES string of the molecule is CCC(C(=O)Nc1ccc(C)cc1[N+](=O)[O-])n1cc([N+](=O)[O-])cn1. The molecule has 0 saturated carbocycles. The highest BCUT2D eigenvalue weighted by Gasteiger charge is 2.24. The molecular formula is C14H15N5O5. The van der Waals surface area contributed by atoms with E-state index in [0.29, 0.717) is 12.0 Å². The van der Waals surface area contributed by atoms with Crippen molar-refractivity contribution in [1.82, 2.24) is 9.78 Å². The van der Waals surface area contributed by atoms with Crippen molar-refractivity contribution in [3.05, 3.63) is 56.4 Å². The number of rotatable bonds is 6. The Labute approximate surface area is 136 Å². The van der Waals surface area contributed by atoms with E-state index in [-0.39, 0.29) is 17.1 Å². The van der Waals surface area contributed by atoms with Crippen molar-refractivity contribution in [1.29, 1.82) is 0 Å². The molecule has 0 aliphatic rings. The molecule has 0 spiro atoms. The van der Waals surface area contributed by atoms with Gasteiger partial charge in [0.05, 0.1) is 9.85 Å². The zero-order valence-electron chi connectivity index (χ0n) is 13.0. The van der Waals surface area contributed by atoms with E-state index in [1.54, 1.807) is 19.9 Å². The second kappa shape index (κ2) is 6.86. The standard InChI is InChI=1S/C14H15N5O5/c1-3-12(17-8-10(7-15-17)18(21)22)14(20)16-11-5-4-9(2)6-13(11)19(23)24/h4-8,12H,3H2,1-2H3,(H,16,20). The van der Waals surface area contributed by atoms with Crippen molar-refractivity contribution in [3.63, 3.8) is 0 Å². The lowest BCUT2D eigenvalue weighted by Crippen LogP contribution is -2.26. The first kappa shape index (κ1) is 17.1. The lowest BCUT2D eigenvalue weighted by Gasteiger charge is -2.15. The molecule has 0 aliphatic heterocycles. The molecule has 0 radical (unpaired) electrons. The number of nitrogens with zero attached hydrogens (tertiary/aromatic N) is 4. The van der Waals surface area contributed by atoms with Crippen LogP contribution in [0.25, 0.3) is 0 Å². The second-order valence-corrected chi connectivity index (χ2v) is 5.13. The van der Waals surface area contributed by atoms with Crippen molar-refractivity contribution < 1.29 is 14.6 Å². The molecule has 1 amide bonds. The Morgan fingerprint density at radius 1 is 1.33 bits per heavy atom. The Morgan fingerprint density at radius 2 is 2.04 bits per heavy atom. The van der Waals surface area contributed by atoms with Crippen molar-refractivity contribution >= 4 is 23.0 Å². The molecule has 1 atom stereocenters. The van der Waals surface area contributed by atoms with Crippen LogP contribution in [0, 0.1) is 27.2 Å². The summed E-state index contributed by atoms with van der Waals surface area (Å²) in [5.74, 6) is -0.539. The van der Waals surface area contributed by atoms with Gasteiger partial charge in [-0.15, -0.1) is 0 Å². The average Bonchev–Trinajstić information content (AvgIpc) is 2.99. The summed E-state index contributed by atoms with van der Waals surface area (Å²) in [7, 11) is 0. The van der Waals surface area contributed by atoms with Crippen LogP contribution in [0.5, 0.6) is 0 Å². The third kappa shape index (κ3) is 3.54. The van der Waals surface area contributed by atoms with Crippen LogP contribution in [0.2, 0.25) is 0 Å². The molecular weight excluding hydrogens is 318 g/mol. The number of aryl methyl sites for hydroxylation is 1. The van der Waals surface area contributed by atoms with Gasteiger partial charge in [-0.25, -0.2) is 0 Å². The molecule has 1 heterocycles. The Morgan fingerprint density at radius 3 is 2.58 bits per heavy atom. The fourth-order valence-corrected chi connectivity index (χ4v) is 2.20. The summed E-state index contributed by atoms with van der Waals surface area (Å²) in [5, 5.41) is 28.1. The summed E-state index contributed by atoms with van der Waals surface area (Å²) in [4.78, 5) is 33.0. The predicted molar refractivity (Wildman–Crippen MR) is 84.7 cm³/mol. The van der Waals surface area contributed by atoms with Gasteiger partial charge in [-0.1, -0.05) is 13.0 Å². The van der Waals surface area contributed by atoms with Gasteiger partial charge in [-0.2, -0.15) is 5.10 Å². The summed E-state index contributed by atoms with van der Waals surface area (Å²) >= 11 is 0. The Kier molecular flexibility index (Phi) is 4.87. The first-order chi connectivity index (χ1) is 11.3. The minimum atomic E-state index is -0.820. The Hall–Kier alpha value is -3.30. The van der Waals surface area contributed by atoms with Crippen LogP contribution < -0.4 is 5.32 Å². The van der Waals surface area contributed by atoms with E-state index in [1.807, 2.05) is 0 Å². The van der Waals surface area contributed by atoms with Gasteiger partial charge in [0.2, 0.25) is 5.91 Å². The molecule has 2 rings (SSSR count). The van der Waals surface area contributed by atoms with Gasteiger partial charge >= 0.3 is 5.69 Å². The van der Waals surface area contributed by atoms with E-state index in [0.717, 1.165) is 12.4 Å². The van der Waals surface area contributed by atoms with E-state index >= 15 is 0 Å². The fraction of sp³-hybridized carbons (Fsp3) is 0.286. The second-order valence-electron chi connectivity index (χ2n) is 5.13. The zero-order valence-corrected chi connectivity index (χ0v) is 13.0. The van der Waals surface area contributed by atoms with Crippen LogP contribution in [0.15, 0.2) is 30.6 Å². The highest BCUT2D eigenvalue weighted by Crippen LogP contribution is 2.27. The molecule has 1 N–H and O–H groups in total. The highest BCUT2D eigenvalue weighted by atomic mass is 16.6. The molecule has 0 saturated heterocycles. The number of carbonyl (C=O) groups is 1. The molecule has 0 bridgehead atoms. The van der Waals surface area contributed by atoms with Crippen LogP contribution in [-0.2, 0) is 4.79 Å². The number of nitrogens with one attached hydrogen (secondary N) is 1. The van der Waals surface area contributed by atoms with Crippen molar-refractivity contribution in [2.45, 2.75) is 26.3 Å². The molecule has 1 unspecified atom stereocenters. The first-order valence-corrected chi connectivity index (χ1v) is 7.08. The molecule has 10 heteroatoms. The maximum Gasteiger partial charge on any atom is 0.307 e. The maximum absolute atomic E-state index is 12.4. The topological polar surface area (TPSA) is 133 Å². The van der Waals surface area contributed by atoms with Crippen LogP contribution in [-0.4, -0.2) is 25.5 Å². The molecule has 10 nitrogen and oxygen atoms in total. The molecule has 0 fully saturated rings. The van der Waals surface area contributed by atoms with Crippen LogP contribution >= 0.6 is 0 Å². The summed E-state index contributed by atoms with van der Waals surface area (Å²) < 4.78 is 1.17. The largest absolute Gasteiger partial charge is 0.318 e. The minimum absolute atomic E-state index is 0.0655. The van der Waals surface area contributed by atoms with Gasteiger partial charge < -0.3 is 5.32 Å². The quantitative estimate of drug-likeness (QED) is 0.638. The summed E-state index contributed by atoms with van der Waals surface area (Å²) in [6.07, 6.45) is 2.51. The zero-order chi connectivity index (χ0) is 17.9. The molecule has 126 valence electrons. The highest BCUT2D eigenvalue weighted by molar-refractivity contribution is 5.95. The van der Waals surface area contributed by atoms with Crippen molar-refractivity contribution in [2.24, 2.45) is 0 Å². The van der Waals surface area contributed by atoms with E-state index in [2.05, 4.69) is 10.4 Å². The van der Waals surface area contributed by atoms with E-state index in [1.165, 1.54) is 16.8 Å². The van der Waals surface area contributed by atoms with E-state index < -0.39 is 21.8 Å². The van der Waals surface area contributed by atoms with Gasteiger partial charge in [-0.3, -0.25) is 29.7 Å². The number of aromatic nitrogens is 2. The number of anilines is 1. The van der Waals surface area contributed by atoms with Crippen LogP contribution in [0.1, 0.15) is 24.9 Å². The molecule has 0 aliphatic carbocycles. The van der Waals surface area contributed by atoms with E-state index in [9.17, 15) is 25.0 Å². The minimum Gasteiger partial charge on any atom is -0.318 e. The summed E-state index contributed by atoms with van der Waals surface area (Å²) in [5.41, 5.74) is 0.303. The number of nitro groups is 2. The third-order valence-electron chi connectivity index (χ3n) is 3.42. The monoisotopic (exact) mass is 333 g/mol. The fourth-order valence-electron chi connectivity index (χ4n) is 2.20. The molecule has 1 aromatic heterocycles. The summed E-state index contributed by atoms with van der Waals surface area (Å²) in [6, 6.07) is 3.63. The summed E-state index contributed by atoms with van der Waals surface area (Å²) in [6.45, 7) is 3.41. The lowest BCUT2D eigenvalue weighted by atomic mass is 10.1. The lowest BCUT2D eigenvalue weighted by molar-refractivity contribution is -0.385.